The van der Waals surface area contributed by atoms with E-state index in [2.05, 4.69) is 15.3 Å². The van der Waals surface area contributed by atoms with Crippen LogP contribution >= 0.6 is 0 Å². The molecule has 0 fully saturated rings. The number of hydrogen-bond donors (Lipinski definition) is 1. The van der Waals surface area contributed by atoms with Gasteiger partial charge in [0.2, 0.25) is 10.0 Å². The van der Waals surface area contributed by atoms with E-state index in [1.807, 2.05) is 0 Å². The van der Waals surface area contributed by atoms with Gasteiger partial charge in [0, 0.05) is 31.2 Å². The van der Waals surface area contributed by atoms with Gasteiger partial charge in [-0.15, -0.1) is 0 Å². The number of aromatic nitrogens is 2. The lowest BCUT2D eigenvalue weighted by Gasteiger charge is -2.18. The fraction of sp³-hybridized carbons (Fsp3) is 0.294. The van der Waals surface area contributed by atoms with E-state index in [0.717, 1.165) is 0 Å². The molecule has 9 nitrogen and oxygen atoms in total. The van der Waals surface area contributed by atoms with E-state index < -0.39 is 28.5 Å². The highest BCUT2D eigenvalue weighted by Gasteiger charge is 2.22. The van der Waals surface area contributed by atoms with Crippen molar-refractivity contribution in [2.75, 3.05) is 25.0 Å². The van der Waals surface area contributed by atoms with Gasteiger partial charge >= 0.3 is 5.97 Å². The number of nitrogens with one attached hydrogen (secondary N) is 1. The number of ether oxygens (including phenoxy) is 1. The molecule has 2 rings (SSSR count). The first-order valence-corrected chi connectivity index (χ1v) is 9.65. The molecule has 1 heterocycles. The van der Waals surface area contributed by atoms with Gasteiger partial charge in [0.25, 0.3) is 5.91 Å². The lowest BCUT2D eigenvalue weighted by Crippen LogP contribution is -2.30. The van der Waals surface area contributed by atoms with Crippen LogP contribution < -0.4 is 5.32 Å². The Balaban J connectivity index is 2.01. The van der Waals surface area contributed by atoms with Gasteiger partial charge in [0.15, 0.2) is 12.3 Å². The molecule has 1 N–H and O–H groups in total. The predicted octanol–water partition coefficient (Wildman–Crippen LogP) is 1.30. The van der Waals surface area contributed by atoms with Crippen molar-refractivity contribution in [3.05, 3.63) is 48.5 Å². The maximum absolute atomic E-state index is 12.5. The van der Waals surface area contributed by atoms with Crippen LogP contribution in [0.1, 0.15) is 24.3 Å². The van der Waals surface area contributed by atoms with Crippen LogP contribution in [0.4, 0.5) is 5.69 Å². The Hall–Kier alpha value is -2.85. The van der Waals surface area contributed by atoms with E-state index in [0.29, 0.717) is 13.1 Å². The van der Waals surface area contributed by atoms with Crippen LogP contribution in [0.5, 0.6) is 0 Å². The number of benzene rings is 1. The summed E-state index contributed by atoms with van der Waals surface area (Å²) >= 11 is 0. The highest BCUT2D eigenvalue weighted by atomic mass is 32.2. The molecule has 1 amide bonds. The zero-order valence-corrected chi connectivity index (χ0v) is 15.8. The Bertz CT molecular complexity index is 899. The van der Waals surface area contributed by atoms with Gasteiger partial charge < -0.3 is 10.1 Å². The van der Waals surface area contributed by atoms with Crippen molar-refractivity contribution in [2.45, 2.75) is 18.7 Å². The molecule has 0 unspecified atom stereocenters. The third-order valence-corrected chi connectivity index (χ3v) is 5.61. The van der Waals surface area contributed by atoms with E-state index in [4.69, 9.17) is 4.74 Å². The largest absolute Gasteiger partial charge is 0.451 e. The molecule has 27 heavy (non-hydrogen) atoms. The molecule has 10 heteroatoms. The first kappa shape index (κ1) is 20.5. The molecule has 1 aromatic heterocycles. The predicted molar refractivity (Wildman–Crippen MR) is 97.5 cm³/mol. The Morgan fingerprint density at radius 3 is 2.56 bits per heavy atom. The summed E-state index contributed by atoms with van der Waals surface area (Å²) in [7, 11) is -3.64. The molecular formula is C17H20N4O5S. The van der Waals surface area contributed by atoms with Gasteiger partial charge in [-0.2, -0.15) is 4.31 Å². The summed E-state index contributed by atoms with van der Waals surface area (Å²) in [6, 6.07) is 5.88. The normalized spacial score (nSPS) is 11.2. The fourth-order valence-electron chi connectivity index (χ4n) is 2.25. The van der Waals surface area contributed by atoms with E-state index >= 15 is 0 Å². The maximum atomic E-state index is 12.5. The molecule has 0 spiro atoms. The topological polar surface area (TPSA) is 119 Å². The van der Waals surface area contributed by atoms with E-state index in [-0.39, 0.29) is 16.3 Å². The number of anilines is 1. The third-order valence-electron chi connectivity index (χ3n) is 3.57. The molecule has 0 saturated heterocycles. The molecule has 2 aromatic rings. The molecule has 0 aliphatic carbocycles. The quantitative estimate of drug-likeness (QED) is 0.673. The van der Waals surface area contributed by atoms with Crippen molar-refractivity contribution in [1.29, 1.82) is 0 Å². The van der Waals surface area contributed by atoms with E-state index in [1.165, 1.54) is 41.1 Å². The molecule has 1 aromatic carbocycles. The van der Waals surface area contributed by atoms with Crippen molar-refractivity contribution in [1.82, 2.24) is 14.3 Å². The Labute approximate surface area is 157 Å². The van der Waals surface area contributed by atoms with Crippen LogP contribution in [0, 0.1) is 0 Å². The number of carbonyl (C=O) groups is 2. The fourth-order valence-corrected chi connectivity index (χ4v) is 3.76. The van der Waals surface area contributed by atoms with Crippen molar-refractivity contribution in [3.8, 4) is 0 Å². The molecule has 144 valence electrons. The summed E-state index contributed by atoms with van der Waals surface area (Å²) in [5.74, 6) is -1.39. The summed E-state index contributed by atoms with van der Waals surface area (Å²) in [6.07, 6.45) is 3.96. The molecule has 0 aliphatic rings. The van der Waals surface area contributed by atoms with Crippen molar-refractivity contribution in [3.63, 3.8) is 0 Å². The minimum atomic E-state index is -3.64. The molecule has 0 bridgehead atoms. The number of rotatable bonds is 8. The molecule has 0 aliphatic heterocycles. The summed E-state index contributed by atoms with van der Waals surface area (Å²) in [5, 5.41) is 2.50. The highest BCUT2D eigenvalue weighted by molar-refractivity contribution is 7.89. The second kappa shape index (κ2) is 9.19. The number of carbonyl (C=O) groups excluding carboxylic acids is 2. The smallest absolute Gasteiger partial charge is 0.359 e. The number of hydrogen-bond acceptors (Lipinski definition) is 7. The van der Waals surface area contributed by atoms with Crippen LogP contribution in [0.15, 0.2) is 47.8 Å². The Kier molecular flexibility index (Phi) is 6.97. The monoisotopic (exact) mass is 392 g/mol. The average Bonchev–Trinajstić information content (AvgIpc) is 2.67. The first-order valence-electron chi connectivity index (χ1n) is 8.21. The van der Waals surface area contributed by atoms with Crippen molar-refractivity contribution >= 4 is 27.6 Å². The van der Waals surface area contributed by atoms with Gasteiger partial charge in [-0.3, -0.25) is 9.78 Å². The molecular weight excluding hydrogens is 372 g/mol. The summed E-state index contributed by atoms with van der Waals surface area (Å²) in [6.45, 7) is 3.64. The lowest BCUT2D eigenvalue weighted by molar-refractivity contribution is -0.119. The summed E-state index contributed by atoms with van der Waals surface area (Å²) < 4.78 is 31.2. The van der Waals surface area contributed by atoms with E-state index in [1.54, 1.807) is 19.9 Å². The Morgan fingerprint density at radius 2 is 1.93 bits per heavy atom. The van der Waals surface area contributed by atoms with Gasteiger partial charge in [-0.1, -0.05) is 19.9 Å². The van der Waals surface area contributed by atoms with Gasteiger partial charge in [0.1, 0.15) is 0 Å². The standard InChI is InChI=1S/C17H20N4O5S/c1-3-21(4-2)27(24,25)14-7-5-6-13(10-14)20-16(22)12-26-17(23)15-11-18-8-9-19-15/h5-11H,3-4,12H2,1-2H3,(H,20,22). The molecule has 0 saturated carbocycles. The van der Waals surface area contributed by atoms with Crippen LogP contribution in [-0.4, -0.2) is 54.3 Å². The summed E-state index contributed by atoms with van der Waals surface area (Å²) in [5.41, 5.74) is 0.265. The maximum Gasteiger partial charge on any atom is 0.359 e. The van der Waals surface area contributed by atoms with Crippen LogP contribution in [-0.2, 0) is 19.6 Å². The zero-order chi connectivity index (χ0) is 19.9. The third kappa shape index (κ3) is 5.31. The number of sulfonamides is 1. The van der Waals surface area contributed by atoms with Gasteiger partial charge in [-0.25, -0.2) is 18.2 Å². The Morgan fingerprint density at radius 1 is 1.19 bits per heavy atom. The zero-order valence-electron chi connectivity index (χ0n) is 15.0. The minimum Gasteiger partial charge on any atom is -0.451 e. The SMILES string of the molecule is CCN(CC)S(=O)(=O)c1cccc(NC(=O)COC(=O)c2cnccn2)c1. The van der Waals surface area contributed by atoms with Crippen molar-refractivity contribution < 1.29 is 22.7 Å². The van der Waals surface area contributed by atoms with Crippen LogP contribution in [0.3, 0.4) is 0 Å². The molecule has 0 radical (unpaired) electrons. The van der Waals surface area contributed by atoms with Crippen LogP contribution in [0.2, 0.25) is 0 Å². The second-order valence-corrected chi connectivity index (χ2v) is 7.27. The second-order valence-electron chi connectivity index (χ2n) is 5.33. The molecule has 0 atom stereocenters. The first-order chi connectivity index (χ1) is 12.9. The summed E-state index contributed by atoms with van der Waals surface area (Å²) in [4.78, 5) is 31.3. The minimum absolute atomic E-state index is 0.0161. The highest BCUT2D eigenvalue weighted by Crippen LogP contribution is 2.19. The average molecular weight is 392 g/mol. The van der Waals surface area contributed by atoms with Gasteiger partial charge in [-0.05, 0) is 18.2 Å². The number of nitrogens with zero attached hydrogens (tertiary/aromatic N) is 3. The van der Waals surface area contributed by atoms with Gasteiger partial charge in [0.05, 0.1) is 11.1 Å². The number of esters is 1. The van der Waals surface area contributed by atoms with Crippen LogP contribution in [0.25, 0.3) is 0 Å². The van der Waals surface area contributed by atoms with E-state index in [9.17, 15) is 18.0 Å². The lowest BCUT2D eigenvalue weighted by atomic mass is 10.3. The number of amides is 1. The van der Waals surface area contributed by atoms with Crippen molar-refractivity contribution in [2.24, 2.45) is 0 Å².